The summed E-state index contributed by atoms with van der Waals surface area (Å²) in [6, 6.07) is 0.00264. The van der Waals surface area contributed by atoms with Crippen LogP contribution in [0.25, 0.3) is 0 Å². The van der Waals surface area contributed by atoms with Gasteiger partial charge >= 0.3 is 0 Å². The van der Waals surface area contributed by atoms with Crippen LogP contribution >= 0.6 is 0 Å². The van der Waals surface area contributed by atoms with Crippen LogP contribution in [0.1, 0.15) is 46.5 Å². The Kier molecular flexibility index (Phi) is 4.58. The van der Waals surface area contributed by atoms with Crippen molar-refractivity contribution in [3.05, 3.63) is 0 Å². The van der Waals surface area contributed by atoms with Gasteiger partial charge in [0.05, 0.1) is 6.04 Å². The summed E-state index contributed by atoms with van der Waals surface area (Å²) in [5, 5.41) is 3.06. The smallest absolute Gasteiger partial charge is 0.237 e. The van der Waals surface area contributed by atoms with E-state index in [1.54, 1.807) is 0 Å². The number of nitrogens with one attached hydrogen (secondary N) is 1. The molecule has 1 aliphatic rings. The Bertz CT molecular complexity index is 208. The van der Waals surface area contributed by atoms with Crippen molar-refractivity contribution in [2.24, 2.45) is 17.6 Å². The number of rotatable bonds is 3. The van der Waals surface area contributed by atoms with Crippen molar-refractivity contribution < 1.29 is 4.79 Å². The van der Waals surface area contributed by atoms with E-state index in [-0.39, 0.29) is 17.9 Å². The first kappa shape index (κ1) is 12.5. The molecule has 0 aliphatic heterocycles. The molecular weight excluding hydrogens is 188 g/mol. The molecule has 0 aromatic carbocycles. The molecule has 0 unspecified atom stereocenters. The third-order valence-corrected chi connectivity index (χ3v) is 3.38. The molecule has 0 saturated heterocycles. The van der Waals surface area contributed by atoms with E-state index >= 15 is 0 Å². The third-order valence-electron chi connectivity index (χ3n) is 3.38. The van der Waals surface area contributed by atoms with Crippen molar-refractivity contribution in [3.63, 3.8) is 0 Å². The van der Waals surface area contributed by atoms with Crippen LogP contribution in [0.3, 0.4) is 0 Å². The van der Waals surface area contributed by atoms with Gasteiger partial charge in [-0.2, -0.15) is 0 Å². The second kappa shape index (κ2) is 5.50. The largest absolute Gasteiger partial charge is 0.352 e. The number of amides is 1. The van der Waals surface area contributed by atoms with Crippen LogP contribution in [-0.2, 0) is 4.79 Å². The van der Waals surface area contributed by atoms with Gasteiger partial charge in [-0.1, -0.05) is 20.8 Å². The molecule has 0 spiro atoms. The maximum absolute atomic E-state index is 11.7. The fourth-order valence-corrected chi connectivity index (χ4v) is 2.00. The minimum absolute atomic E-state index is 0.0181. The highest BCUT2D eigenvalue weighted by molar-refractivity contribution is 5.82. The fraction of sp³-hybridized carbons (Fsp3) is 0.917. The summed E-state index contributed by atoms with van der Waals surface area (Å²) in [7, 11) is 0. The highest BCUT2D eigenvalue weighted by Crippen LogP contribution is 2.23. The van der Waals surface area contributed by atoms with Crippen molar-refractivity contribution in [1.82, 2.24) is 5.32 Å². The van der Waals surface area contributed by atoms with E-state index in [2.05, 4.69) is 12.2 Å². The molecular formula is C12H24N2O. The fourth-order valence-electron chi connectivity index (χ4n) is 2.00. The highest BCUT2D eigenvalue weighted by Gasteiger charge is 2.23. The van der Waals surface area contributed by atoms with E-state index in [0.717, 1.165) is 18.8 Å². The Hall–Kier alpha value is -0.570. The lowest BCUT2D eigenvalue weighted by atomic mass is 9.87. The summed E-state index contributed by atoms with van der Waals surface area (Å²) >= 11 is 0. The van der Waals surface area contributed by atoms with Gasteiger partial charge in [-0.15, -0.1) is 0 Å². The van der Waals surface area contributed by atoms with E-state index in [0.29, 0.717) is 6.04 Å². The van der Waals surface area contributed by atoms with Crippen molar-refractivity contribution in [2.45, 2.75) is 58.5 Å². The van der Waals surface area contributed by atoms with Crippen LogP contribution in [0.5, 0.6) is 0 Å². The van der Waals surface area contributed by atoms with E-state index in [1.807, 2.05) is 13.8 Å². The van der Waals surface area contributed by atoms with Crippen molar-refractivity contribution in [2.75, 3.05) is 0 Å². The van der Waals surface area contributed by atoms with Crippen molar-refractivity contribution in [3.8, 4) is 0 Å². The standard InChI is InChI=1S/C12H24N2O/c1-8(2)11(13)12(15)14-10-6-4-9(3)5-7-10/h8-11H,4-7,13H2,1-3H3,(H,14,15)/t9-,10-,11-/m0/s1. The quantitative estimate of drug-likeness (QED) is 0.747. The topological polar surface area (TPSA) is 55.1 Å². The first-order chi connectivity index (χ1) is 7.00. The molecule has 1 amide bonds. The molecule has 1 fully saturated rings. The zero-order valence-electron chi connectivity index (χ0n) is 10.1. The second-order valence-electron chi connectivity index (χ2n) is 5.24. The Labute approximate surface area is 92.8 Å². The van der Waals surface area contributed by atoms with Gasteiger partial charge in [-0.05, 0) is 37.5 Å². The Morgan fingerprint density at radius 2 is 1.80 bits per heavy atom. The Morgan fingerprint density at radius 1 is 1.27 bits per heavy atom. The molecule has 0 bridgehead atoms. The average Bonchev–Trinajstić information content (AvgIpc) is 2.20. The molecule has 0 aromatic heterocycles. The number of carbonyl (C=O) groups is 1. The lowest BCUT2D eigenvalue weighted by Crippen LogP contribution is -2.48. The maximum Gasteiger partial charge on any atom is 0.237 e. The minimum Gasteiger partial charge on any atom is -0.352 e. The van der Waals surface area contributed by atoms with E-state index in [9.17, 15) is 4.79 Å². The molecule has 0 radical (unpaired) electrons. The molecule has 88 valence electrons. The van der Waals surface area contributed by atoms with Crippen LogP contribution in [0.2, 0.25) is 0 Å². The molecule has 3 nitrogen and oxygen atoms in total. The monoisotopic (exact) mass is 212 g/mol. The first-order valence-electron chi connectivity index (χ1n) is 6.06. The van der Waals surface area contributed by atoms with Crippen LogP contribution in [0.4, 0.5) is 0 Å². The van der Waals surface area contributed by atoms with E-state index < -0.39 is 0 Å². The number of nitrogens with two attached hydrogens (primary N) is 1. The van der Waals surface area contributed by atoms with Gasteiger partial charge in [0.15, 0.2) is 0 Å². The lowest BCUT2D eigenvalue weighted by Gasteiger charge is -2.28. The van der Waals surface area contributed by atoms with Gasteiger partial charge in [0.25, 0.3) is 0 Å². The average molecular weight is 212 g/mol. The van der Waals surface area contributed by atoms with E-state index in [4.69, 9.17) is 5.73 Å². The summed E-state index contributed by atoms with van der Waals surface area (Å²) in [5.41, 5.74) is 5.79. The van der Waals surface area contributed by atoms with Gasteiger partial charge in [0.1, 0.15) is 0 Å². The van der Waals surface area contributed by atoms with Gasteiger partial charge in [-0.25, -0.2) is 0 Å². The molecule has 0 aromatic rings. The second-order valence-corrected chi connectivity index (χ2v) is 5.24. The van der Waals surface area contributed by atoms with Gasteiger partial charge in [0.2, 0.25) is 5.91 Å². The molecule has 1 aliphatic carbocycles. The zero-order chi connectivity index (χ0) is 11.4. The molecule has 1 atom stereocenters. The molecule has 0 heterocycles. The molecule has 1 saturated carbocycles. The van der Waals surface area contributed by atoms with Gasteiger partial charge in [-0.3, -0.25) is 4.79 Å². The van der Waals surface area contributed by atoms with Gasteiger partial charge < -0.3 is 11.1 Å². The first-order valence-corrected chi connectivity index (χ1v) is 6.06. The summed E-state index contributed by atoms with van der Waals surface area (Å²) in [6.07, 6.45) is 4.67. The minimum atomic E-state index is -0.357. The summed E-state index contributed by atoms with van der Waals surface area (Å²) in [5.74, 6) is 1.05. The Morgan fingerprint density at radius 3 is 2.27 bits per heavy atom. The van der Waals surface area contributed by atoms with E-state index in [1.165, 1.54) is 12.8 Å². The molecule has 3 N–H and O–H groups in total. The normalized spacial score (nSPS) is 28.9. The van der Waals surface area contributed by atoms with Crippen LogP contribution < -0.4 is 11.1 Å². The molecule has 3 heteroatoms. The number of hydrogen-bond donors (Lipinski definition) is 2. The van der Waals surface area contributed by atoms with Crippen LogP contribution in [0, 0.1) is 11.8 Å². The zero-order valence-corrected chi connectivity index (χ0v) is 10.1. The van der Waals surface area contributed by atoms with Crippen molar-refractivity contribution >= 4 is 5.91 Å². The summed E-state index contributed by atoms with van der Waals surface area (Å²) in [4.78, 5) is 11.7. The Balaban J connectivity index is 2.32. The summed E-state index contributed by atoms with van der Waals surface area (Å²) in [6.45, 7) is 6.23. The SMILES string of the molecule is CC(C)[C@H](N)C(=O)N[C@H]1CC[C@H](C)CC1. The maximum atomic E-state index is 11.7. The number of hydrogen-bond acceptors (Lipinski definition) is 2. The predicted octanol–water partition coefficient (Wildman–Crippen LogP) is 1.66. The molecule has 15 heavy (non-hydrogen) atoms. The van der Waals surface area contributed by atoms with Crippen LogP contribution in [0.15, 0.2) is 0 Å². The van der Waals surface area contributed by atoms with Crippen molar-refractivity contribution in [1.29, 1.82) is 0 Å². The number of carbonyl (C=O) groups excluding carboxylic acids is 1. The highest BCUT2D eigenvalue weighted by atomic mass is 16.2. The van der Waals surface area contributed by atoms with Gasteiger partial charge in [0, 0.05) is 6.04 Å². The van der Waals surface area contributed by atoms with Crippen LogP contribution in [-0.4, -0.2) is 18.0 Å². The molecule has 1 rings (SSSR count). The lowest BCUT2D eigenvalue weighted by molar-refractivity contribution is -0.124. The predicted molar refractivity (Wildman–Crippen MR) is 62.4 cm³/mol. The third kappa shape index (κ3) is 3.82. The summed E-state index contributed by atoms with van der Waals surface area (Å²) < 4.78 is 0.